The molecule has 0 aromatic heterocycles. The van der Waals surface area contributed by atoms with E-state index in [0.29, 0.717) is 6.42 Å². The van der Waals surface area contributed by atoms with Crippen molar-refractivity contribution < 1.29 is 4.39 Å². The summed E-state index contributed by atoms with van der Waals surface area (Å²) in [4.78, 5) is 0. The lowest BCUT2D eigenvalue weighted by atomic mass is 9.96. The number of alkyl halides is 1. The number of halogens is 1. The van der Waals surface area contributed by atoms with Gasteiger partial charge in [-0.1, -0.05) is 36.8 Å². The molecule has 2 atom stereocenters. The molecule has 1 N–H and O–H groups in total. The molecule has 2 rings (SSSR count). The Morgan fingerprint density at radius 1 is 1.27 bits per heavy atom. The lowest BCUT2D eigenvalue weighted by molar-refractivity contribution is 0.217. The van der Waals surface area contributed by atoms with Gasteiger partial charge in [0.05, 0.1) is 0 Å². The van der Waals surface area contributed by atoms with Crippen molar-refractivity contribution in [3.63, 3.8) is 0 Å². The molecular formula is C13H18FN. The van der Waals surface area contributed by atoms with Crippen LogP contribution in [0.25, 0.3) is 0 Å². The van der Waals surface area contributed by atoms with Gasteiger partial charge in [-0.2, -0.15) is 0 Å². The molecule has 0 spiro atoms. The fourth-order valence-electron chi connectivity index (χ4n) is 2.17. The Kier molecular flexibility index (Phi) is 3.73. The zero-order chi connectivity index (χ0) is 10.5. The van der Waals surface area contributed by atoms with Crippen molar-refractivity contribution >= 4 is 0 Å². The van der Waals surface area contributed by atoms with Crippen LogP contribution in [-0.2, 0) is 6.42 Å². The molecule has 2 unspecified atom stereocenters. The van der Waals surface area contributed by atoms with Crippen molar-refractivity contribution in [3.8, 4) is 0 Å². The van der Waals surface area contributed by atoms with Gasteiger partial charge in [0.25, 0.3) is 0 Å². The molecule has 82 valence electrons. The van der Waals surface area contributed by atoms with Crippen molar-refractivity contribution in [1.82, 2.24) is 5.32 Å². The van der Waals surface area contributed by atoms with Crippen LogP contribution < -0.4 is 5.32 Å². The van der Waals surface area contributed by atoms with Crippen LogP contribution in [0.2, 0.25) is 0 Å². The smallest absolute Gasteiger partial charge is 0.119 e. The summed E-state index contributed by atoms with van der Waals surface area (Å²) in [6.45, 7) is 0.972. The van der Waals surface area contributed by atoms with E-state index in [0.717, 1.165) is 24.9 Å². The fourth-order valence-corrected chi connectivity index (χ4v) is 2.17. The number of piperidine rings is 1. The number of hydrogen-bond acceptors (Lipinski definition) is 1. The molecule has 1 saturated heterocycles. The highest BCUT2D eigenvalue weighted by molar-refractivity contribution is 5.16. The first-order chi connectivity index (χ1) is 7.36. The van der Waals surface area contributed by atoms with E-state index >= 15 is 0 Å². The molecular weight excluding hydrogens is 189 g/mol. The second-order valence-electron chi connectivity index (χ2n) is 4.26. The summed E-state index contributed by atoms with van der Waals surface area (Å²) in [5, 5.41) is 3.26. The molecule has 0 aliphatic carbocycles. The van der Waals surface area contributed by atoms with Gasteiger partial charge >= 0.3 is 0 Å². The summed E-state index contributed by atoms with van der Waals surface area (Å²) in [7, 11) is 0. The number of rotatable bonds is 3. The van der Waals surface area contributed by atoms with Gasteiger partial charge in [0.1, 0.15) is 6.17 Å². The molecule has 1 aliphatic heterocycles. The van der Waals surface area contributed by atoms with Crippen LogP contribution >= 0.6 is 0 Å². The summed E-state index contributed by atoms with van der Waals surface area (Å²) < 4.78 is 13.9. The highest BCUT2D eigenvalue weighted by atomic mass is 19.1. The monoisotopic (exact) mass is 207 g/mol. The van der Waals surface area contributed by atoms with Crippen LogP contribution in [-0.4, -0.2) is 18.8 Å². The Morgan fingerprint density at radius 2 is 2.07 bits per heavy atom. The third-order valence-electron chi connectivity index (χ3n) is 3.06. The summed E-state index contributed by atoms with van der Waals surface area (Å²) in [6, 6.07) is 9.96. The van der Waals surface area contributed by atoms with Gasteiger partial charge in [-0.15, -0.1) is 0 Å². The van der Waals surface area contributed by atoms with Crippen molar-refractivity contribution in [2.24, 2.45) is 0 Å². The quantitative estimate of drug-likeness (QED) is 0.803. The van der Waals surface area contributed by atoms with Crippen molar-refractivity contribution in [2.75, 3.05) is 6.54 Å². The van der Waals surface area contributed by atoms with Gasteiger partial charge in [-0.3, -0.25) is 0 Å². The van der Waals surface area contributed by atoms with E-state index in [4.69, 9.17) is 0 Å². The lowest BCUT2D eigenvalue weighted by Gasteiger charge is -2.26. The summed E-state index contributed by atoms with van der Waals surface area (Å²) in [6.07, 6.45) is 3.13. The Hall–Kier alpha value is -0.890. The summed E-state index contributed by atoms with van der Waals surface area (Å²) in [5.41, 5.74) is 1.09. The van der Waals surface area contributed by atoms with E-state index in [1.165, 1.54) is 6.42 Å². The van der Waals surface area contributed by atoms with E-state index < -0.39 is 6.17 Å². The summed E-state index contributed by atoms with van der Waals surface area (Å²) in [5.74, 6) is 0. The third kappa shape index (κ3) is 3.03. The van der Waals surface area contributed by atoms with E-state index in [-0.39, 0.29) is 6.04 Å². The lowest BCUT2D eigenvalue weighted by Crippen LogP contribution is -2.42. The first-order valence-electron chi connectivity index (χ1n) is 5.77. The number of benzene rings is 1. The van der Waals surface area contributed by atoms with Gasteiger partial charge in [0.2, 0.25) is 0 Å². The van der Waals surface area contributed by atoms with Gasteiger partial charge in [-0.05, 0) is 24.9 Å². The average molecular weight is 207 g/mol. The maximum absolute atomic E-state index is 13.9. The van der Waals surface area contributed by atoms with Crippen molar-refractivity contribution in [2.45, 2.75) is 37.9 Å². The van der Waals surface area contributed by atoms with Crippen LogP contribution in [0.4, 0.5) is 4.39 Å². The zero-order valence-electron chi connectivity index (χ0n) is 8.95. The van der Waals surface area contributed by atoms with Crippen LogP contribution in [0.3, 0.4) is 0 Å². The van der Waals surface area contributed by atoms with E-state index in [2.05, 4.69) is 5.32 Å². The van der Waals surface area contributed by atoms with Gasteiger partial charge in [0, 0.05) is 12.5 Å². The molecule has 2 heteroatoms. The minimum absolute atomic E-state index is 0.0685. The molecule has 1 nitrogen and oxygen atoms in total. The molecule has 1 aromatic rings. The van der Waals surface area contributed by atoms with Gasteiger partial charge < -0.3 is 5.32 Å². The molecule has 1 aromatic carbocycles. The number of nitrogens with one attached hydrogen (secondary N) is 1. The molecule has 1 heterocycles. The minimum Gasteiger partial charge on any atom is -0.311 e. The molecule has 1 fully saturated rings. The van der Waals surface area contributed by atoms with Crippen LogP contribution in [0, 0.1) is 0 Å². The fraction of sp³-hybridized carbons (Fsp3) is 0.538. The Bertz CT molecular complexity index is 280. The van der Waals surface area contributed by atoms with E-state index in [1.54, 1.807) is 0 Å². The van der Waals surface area contributed by atoms with Gasteiger partial charge in [-0.25, -0.2) is 4.39 Å². The molecule has 0 bridgehead atoms. The van der Waals surface area contributed by atoms with Crippen molar-refractivity contribution in [1.29, 1.82) is 0 Å². The topological polar surface area (TPSA) is 12.0 Å². The zero-order valence-corrected chi connectivity index (χ0v) is 8.95. The molecule has 0 saturated carbocycles. The third-order valence-corrected chi connectivity index (χ3v) is 3.06. The maximum atomic E-state index is 13.9. The second-order valence-corrected chi connectivity index (χ2v) is 4.26. The van der Waals surface area contributed by atoms with Gasteiger partial charge in [0.15, 0.2) is 0 Å². The van der Waals surface area contributed by atoms with Crippen molar-refractivity contribution in [3.05, 3.63) is 35.9 Å². The predicted molar refractivity (Wildman–Crippen MR) is 60.7 cm³/mol. The first kappa shape index (κ1) is 10.6. The Balaban J connectivity index is 1.88. The number of hydrogen-bond donors (Lipinski definition) is 1. The largest absolute Gasteiger partial charge is 0.311 e. The van der Waals surface area contributed by atoms with E-state index in [9.17, 15) is 4.39 Å². The average Bonchev–Trinajstić information content (AvgIpc) is 2.31. The Labute approximate surface area is 90.7 Å². The van der Waals surface area contributed by atoms with E-state index in [1.807, 2.05) is 30.3 Å². The normalized spacial score (nSPS) is 23.7. The standard InChI is InChI=1S/C13H18FN/c14-12(13-8-4-5-9-15-13)10-11-6-2-1-3-7-11/h1-3,6-7,12-13,15H,4-5,8-10H2. The second kappa shape index (κ2) is 5.26. The van der Waals surface area contributed by atoms with Crippen LogP contribution in [0.1, 0.15) is 24.8 Å². The molecule has 0 radical (unpaired) electrons. The molecule has 0 amide bonds. The SMILES string of the molecule is FC(Cc1ccccc1)C1CCCCN1. The van der Waals surface area contributed by atoms with Crippen LogP contribution in [0.15, 0.2) is 30.3 Å². The molecule has 15 heavy (non-hydrogen) atoms. The minimum atomic E-state index is -0.743. The predicted octanol–water partition coefficient (Wildman–Crippen LogP) is 2.71. The highest BCUT2D eigenvalue weighted by Crippen LogP contribution is 2.16. The maximum Gasteiger partial charge on any atom is 0.119 e. The first-order valence-corrected chi connectivity index (χ1v) is 5.77. The van der Waals surface area contributed by atoms with Crippen LogP contribution in [0.5, 0.6) is 0 Å². The highest BCUT2D eigenvalue weighted by Gasteiger charge is 2.22. The summed E-state index contributed by atoms with van der Waals surface area (Å²) >= 11 is 0. The Morgan fingerprint density at radius 3 is 2.73 bits per heavy atom. The molecule has 1 aliphatic rings.